The number of aromatic nitrogens is 1. The van der Waals surface area contributed by atoms with Crippen LogP contribution >= 0.6 is 0 Å². The highest BCUT2D eigenvalue weighted by molar-refractivity contribution is 6.03. The first-order valence-corrected chi connectivity index (χ1v) is 10.8. The normalized spacial score (nSPS) is 11.4. The number of amides is 1. The van der Waals surface area contributed by atoms with Crippen molar-refractivity contribution in [3.05, 3.63) is 114 Å². The Morgan fingerprint density at radius 3 is 2.47 bits per heavy atom. The maximum atomic E-state index is 13.3. The van der Waals surface area contributed by atoms with Crippen molar-refractivity contribution in [3.8, 4) is 5.75 Å². The number of ether oxygens (including phenoxy) is 1. The van der Waals surface area contributed by atoms with Gasteiger partial charge in [0.2, 0.25) is 0 Å². The maximum absolute atomic E-state index is 13.3. The van der Waals surface area contributed by atoms with Gasteiger partial charge in [-0.2, -0.15) is 5.10 Å². The van der Waals surface area contributed by atoms with Crippen LogP contribution < -0.4 is 10.2 Å². The van der Waals surface area contributed by atoms with Crippen molar-refractivity contribution in [2.75, 3.05) is 7.11 Å². The van der Waals surface area contributed by atoms with E-state index in [4.69, 9.17) is 4.74 Å². The van der Waals surface area contributed by atoms with Gasteiger partial charge in [0.1, 0.15) is 11.6 Å². The van der Waals surface area contributed by atoms with Gasteiger partial charge in [-0.05, 0) is 46.7 Å². The molecule has 0 saturated heterocycles. The molecule has 0 bridgehead atoms. The van der Waals surface area contributed by atoms with Gasteiger partial charge in [-0.15, -0.1) is 0 Å². The lowest BCUT2D eigenvalue weighted by molar-refractivity contribution is 0.0952. The van der Waals surface area contributed by atoms with Gasteiger partial charge < -0.3 is 9.30 Å². The summed E-state index contributed by atoms with van der Waals surface area (Å²) < 4.78 is 20.8. The fourth-order valence-corrected chi connectivity index (χ4v) is 4.08. The average molecular weight is 452 g/mol. The molecule has 5 nitrogen and oxygen atoms in total. The number of halogens is 1. The van der Waals surface area contributed by atoms with Crippen LogP contribution in [0, 0.1) is 5.82 Å². The van der Waals surface area contributed by atoms with E-state index in [1.54, 1.807) is 31.5 Å². The molecule has 0 spiro atoms. The van der Waals surface area contributed by atoms with Crippen molar-refractivity contribution in [2.24, 2.45) is 5.10 Å². The fraction of sp³-hybridized carbons (Fsp3) is 0.0714. The number of carbonyl (C=O) groups is 1. The zero-order valence-electron chi connectivity index (χ0n) is 18.5. The number of hydrogen-bond donors (Lipinski definition) is 1. The number of benzene rings is 4. The minimum absolute atomic E-state index is 0.257. The van der Waals surface area contributed by atoms with E-state index in [2.05, 4.69) is 15.1 Å². The van der Waals surface area contributed by atoms with Crippen LogP contribution in [0.25, 0.3) is 21.7 Å². The first kappa shape index (κ1) is 21.4. The van der Waals surface area contributed by atoms with E-state index < -0.39 is 0 Å². The van der Waals surface area contributed by atoms with Crippen LogP contribution in [0.2, 0.25) is 0 Å². The first-order valence-electron chi connectivity index (χ1n) is 10.8. The number of rotatable bonds is 6. The van der Waals surface area contributed by atoms with Crippen molar-refractivity contribution < 1.29 is 13.9 Å². The number of hydrazone groups is 1. The number of nitrogens with zero attached hydrogens (tertiary/aromatic N) is 2. The van der Waals surface area contributed by atoms with Crippen molar-refractivity contribution >= 4 is 33.8 Å². The Labute approximate surface area is 196 Å². The fourth-order valence-electron chi connectivity index (χ4n) is 4.08. The van der Waals surface area contributed by atoms with Crippen LogP contribution in [0.15, 0.2) is 96.2 Å². The average Bonchev–Trinajstić information content (AvgIpc) is 3.21. The molecule has 1 heterocycles. The molecule has 1 aromatic heterocycles. The highest BCUT2D eigenvalue weighted by Gasteiger charge is 2.13. The van der Waals surface area contributed by atoms with Gasteiger partial charge in [-0.3, -0.25) is 4.79 Å². The minimum Gasteiger partial charge on any atom is -0.496 e. The topological polar surface area (TPSA) is 55.6 Å². The molecule has 6 heteroatoms. The van der Waals surface area contributed by atoms with Crippen molar-refractivity contribution in [1.29, 1.82) is 0 Å². The van der Waals surface area contributed by atoms with Gasteiger partial charge in [-0.1, -0.05) is 54.6 Å². The van der Waals surface area contributed by atoms with Crippen LogP contribution in [0.4, 0.5) is 4.39 Å². The Bertz CT molecular complexity index is 1520. The molecule has 168 valence electrons. The zero-order chi connectivity index (χ0) is 23.5. The molecule has 0 aliphatic carbocycles. The Hall–Kier alpha value is -4.45. The predicted molar refractivity (Wildman–Crippen MR) is 133 cm³/mol. The van der Waals surface area contributed by atoms with E-state index in [-0.39, 0.29) is 11.7 Å². The van der Waals surface area contributed by atoms with E-state index in [1.807, 2.05) is 60.8 Å². The van der Waals surface area contributed by atoms with Crippen LogP contribution in [0.1, 0.15) is 21.5 Å². The van der Waals surface area contributed by atoms with E-state index in [0.29, 0.717) is 17.9 Å². The molecule has 0 fully saturated rings. The van der Waals surface area contributed by atoms with Gasteiger partial charge in [0.15, 0.2) is 0 Å². The second-order valence-electron chi connectivity index (χ2n) is 7.95. The third-order valence-corrected chi connectivity index (χ3v) is 5.77. The quantitative estimate of drug-likeness (QED) is 0.264. The summed E-state index contributed by atoms with van der Waals surface area (Å²) in [5.41, 5.74) is 5.91. The van der Waals surface area contributed by atoms with Gasteiger partial charge in [0, 0.05) is 29.2 Å². The molecule has 0 aliphatic rings. The van der Waals surface area contributed by atoms with E-state index in [1.165, 1.54) is 12.1 Å². The van der Waals surface area contributed by atoms with Crippen molar-refractivity contribution in [1.82, 2.24) is 9.99 Å². The number of nitrogens with one attached hydrogen (secondary N) is 1. The van der Waals surface area contributed by atoms with Crippen LogP contribution in [0.3, 0.4) is 0 Å². The Balaban J connectivity index is 1.40. The smallest absolute Gasteiger partial charge is 0.275 e. The standard InChI is InChI=1S/C28H22FN3O2/c1-34-27-15-21-7-3-2-6-20(21)14-25(27)28(33)31-30-16-22-18-32(26-9-5-4-8-24(22)26)17-19-10-12-23(29)13-11-19/h2-16,18H,17H2,1H3,(H,31,33). The first-order chi connectivity index (χ1) is 16.6. The summed E-state index contributed by atoms with van der Waals surface area (Å²) in [6, 6.07) is 25.9. The zero-order valence-corrected chi connectivity index (χ0v) is 18.5. The van der Waals surface area contributed by atoms with Gasteiger partial charge >= 0.3 is 0 Å². The monoisotopic (exact) mass is 451 g/mol. The second kappa shape index (κ2) is 9.19. The number of methoxy groups -OCH3 is 1. The minimum atomic E-state index is -0.353. The summed E-state index contributed by atoms with van der Waals surface area (Å²) in [7, 11) is 1.54. The van der Waals surface area contributed by atoms with Gasteiger partial charge in [0.25, 0.3) is 5.91 Å². The highest BCUT2D eigenvalue weighted by atomic mass is 19.1. The second-order valence-corrected chi connectivity index (χ2v) is 7.95. The van der Waals surface area contributed by atoms with Crippen molar-refractivity contribution in [3.63, 3.8) is 0 Å². The summed E-state index contributed by atoms with van der Waals surface area (Å²) in [6.07, 6.45) is 3.61. The van der Waals surface area contributed by atoms with Gasteiger partial charge in [-0.25, -0.2) is 9.82 Å². The molecule has 0 aliphatic heterocycles. The Morgan fingerprint density at radius 1 is 1.00 bits per heavy atom. The Morgan fingerprint density at radius 2 is 1.71 bits per heavy atom. The summed E-state index contributed by atoms with van der Waals surface area (Å²) in [4.78, 5) is 12.9. The summed E-state index contributed by atoms with van der Waals surface area (Å²) >= 11 is 0. The molecule has 0 radical (unpaired) electrons. The molecular weight excluding hydrogens is 429 g/mol. The number of fused-ring (bicyclic) bond motifs is 2. The Kier molecular flexibility index (Phi) is 5.79. The number of hydrogen-bond acceptors (Lipinski definition) is 3. The van der Waals surface area contributed by atoms with E-state index >= 15 is 0 Å². The van der Waals surface area contributed by atoms with Crippen LogP contribution in [-0.2, 0) is 6.54 Å². The van der Waals surface area contributed by atoms with Crippen LogP contribution in [0.5, 0.6) is 5.75 Å². The lowest BCUT2D eigenvalue weighted by Crippen LogP contribution is -2.18. The molecule has 4 aromatic carbocycles. The van der Waals surface area contributed by atoms with Crippen LogP contribution in [-0.4, -0.2) is 23.8 Å². The summed E-state index contributed by atoms with van der Waals surface area (Å²) in [5, 5.41) is 7.16. The highest BCUT2D eigenvalue weighted by Crippen LogP contribution is 2.26. The largest absolute Gasteiger partial charge is 0.496 e. The number of para-hydroxylation sites is 1. The molecular formula is C28H22FN3O2. The summed E-state index contributed by atoms with van der Waals surface area (Å²) in [6.45, 7) is 0.593. The van der Waals surface area contributed by atoms with E-state index in [9.17, 15) is 9.18 Å². The molecule has 1 amide bonds. The molecule has 5 aromatic rings. The number of carbonyl (C=O) groups excluding carboxylic acids is 1. The third kappa shape index (κ3) is 4.26. The lowest BCUT2D eigenvalue weighted by atomic mass is 10.1. The van der Waals surface area contributed by atoms with Crippen molar-refractivity contribution in [2.45, 2.75) is 6.54 Å². The third-order valence-electron chi connectivity index (χ3n) is 5.77. The predicted octanol–water partition coefficient (Wildman–Crippen LogP) is 5.75. The molecule has 1 N–H and O–H groups in total. The maximum Gasteiger partial charge on any atom is 0.275 e. The molecule has 0 atom stereocenters. The van der Waals surface area contributed by atoms with E-state index in [0.717, 1.165) is 32.8 Å². The summed E-state index contributed by atoms with van der Waals surface area (Å²) in [5.74, 6) is -0.121. The van der Waals surface area contributed by atoms with Gasteiger partial charge in [0.05, 0.1) is 18.9 Å². The molecule has 5 rings (SSSR count). The lowest BCUT2D eigenvalue weighted by Gasteiger charge is -2.09. The molecule has 0 saturated carbocycles. The SMILES string of the molecule is COc1cc2ccccc2cc1C(=O)NN=Cc1cn(Cc2ccc(F)cc2)c2ccccc12. The molecule has 0 unspecified atom stereocenters. The molecule has 34 heavy (non-hydrogen) atoms.